The zero-order chi connectivity index (χ0) is 24.0. The number of aliphatic hydroxyl groups is 1. The molecule has 0 saturated carbocycles. The van der Waals surface area contributed by atoms with Crippen LogP contribution in [0.2, 0.25) is 0 Å². The van der Waals surface area contributed by atoms with Crippen LogP contribution in [0.25, 0.3) is 16.8 Å². The van der Waals surface area contributed by atoms with Gasteiger partial charge in [-0.15, -0.1) is 0 Å². The third-order valence-corrected chi connectivity index (χ3v) is 5.40. The van der Waals surface area contributed by atoms with Gasteiger partial charge in [-0.1, -0.05) is 12.1 Å². The molecule has 8 nitrogen and oxygen atoms in total. The topological polar surface area (TPSA) is 109 Å². The highest BCUT2D eigenvalue weighted by molar-refractivity contribution is 6.51. The maximum absolute atomic E-state index is 13.7. The summed E-state index contributed by atoms with van der Waals surface area (Å²) in [5, 5.41) is 11.2. The number of H-pyrrole nitrogens is 1. The van der Waals surface area contributed by atoms with Gasteiger partial charge >= 0.3 is 5.91 Å². The van der Waals surface area contributed by atoms with Crippen molar-refractivity contribution in [1.82, 2.24) is 9.97 Å². The highest BCUT2D eigenvalue weighted by atomic mass is 19.1. The summed E-state index contributed by atoms with van der Waals surface area (Å²) in [6.07, 6.45) is 1.31. The third kappa shape index (κ3) is 3.61. The number of carbonyl (C=O) groups is 2. The van der Waals surface area contributed by atoms with Crippen molar-refractivity contribution in [3.8, 4) is 5.75 Å². The Hall–Kier alpha value is -4.40. The highest BCUT2D eigenvalue weighted by Gasteiger charge is 2.49. The minimum Gasteiger partial charge on any atom is -0.507 e. The van der Waals surface area contributed by atoms with E-state index in [0.717, 1.165) is 4.90 Å². The van der Waals surface area contributed by atoms with Gasteiger partial charge in [-0.2, -0.15) is 0 Å². The number of halogens is 1. The van der Waals surface area contributed by atoms with Gasteiger partial charge in [-0.05, 0) is 56.3 Å². The van der Waals surface area contributed by atoms with Crippen molar-refractivity contribution >= 4 is 34.4 Å². The summed E-state index contributed by atoms with van der Waals surface area (Å²) in [5.74, 6) is -1.88. The molecule has 3 heterocycles. The van der Waals surface area contributed by atoms with Crippen molar-refractivity contribution < 1.29 is 28.2 Å². The van der Waals surface area contributed by atoms with Gasteiger partial charge in [0.25, 0.3) is 5.78 Å². The molecule has 2 aromatic carbocycles. The summed E-state index contributed by atoms with van der Waals surface area (Å²) in [6.45, 7) is 3.74. The molecular formula is C25H20FN3O5. The zero-order valence-electron chi connectivity index (χ0n) is 18.3. The fourth-order valence-corrected chi connectivity index (χ4v) is 3.99. The number of anilines is 1. The quantitative estimate of drug-likeness (QED) is 0.253. The molecule has 1 amide bonds. The summed E-state index contributed by atoms with van der Waals surface area (Å²) in [4.78, 5) is 34.7. The fraction of sp³-hybridized carbons (Fsp3) is 0.160. The molecule has 1 atom stereocenters. The van der Waals surface area contributed by atoms with Crippen molar-refractivity contribution in [3.05, 3.63) is 83.6 Å². The molecule has 1 aliphatic heterocycles. The lowest BCUT2D eigenvalue weighted by Gasteiger charge is -2.20. The predicted molar refractivity (Wildman–Crippen MR) is 122 cm³/mol. The first-order chi connectivity index (χ1) is 16.3. The number of hydrogen-bond donors (Lipinski definition) is 2. The molecule has 1 unspecified atom stereocenters. The minimum absolute atomic E-state index is 0.0278. The summed E-state index contributed by atoms with van der Waals surface area (Å²) >= 11 is 0. The molecule has 1 aliphatic rings. The van der Waals surface area contributed by atoms with Gasteiger partial charge in [0.05, 0.1) is 29.0 Å². The summed E-state index contributed by atoms with van der Waals surface area (Å²) in [7, 11) is 0. The molecule has 0 radical (unpaired) electrons. The Morgan fingerprint density at radius 3 is 2.74 bits per heavy atom. The van der Waals surface area contributed by atoms with Gasteiger partial charge in [0, 0.05) is 5.56 Å². The number of ether oxygens (including phenoxy) is 1. The van der Waals surface area contributed by atoms with E-state index in [1.807, 2.05) is 13.8 Å². The van der Waals surface area contributed by atoms with Crippen molar-refractivity contribution in [1.29, 1.82) is 0 Å². The van der Waals surface area contributed by atoms with E-state index >= 15 is 0 Å². The lowest BCUT2D eigenvalue weighted by atomic mass is 9.99. The normalized spacial score (nSPS) is 17.8. The number of carbonyl (C=O) groups excluding carboxylic acids is 2. The van der Waals surface area contributed by atoms with Gasteiger partial charge in [0.1, 0.15) is 29.1 Å². The van der Waals surface area contributed by atoms with E-state index in [1.54, 1.807) is 36.4 Å². The predicted octanol–water partition coefficient (Wildman–Crippen LogP) is 4.71. The number of amides is 1. The molecule has 2 aromatic heterocycles. The van der Waals surface area contributed by atoms with Crippen LogP contribution in [0.5, 0.6) is 5.75 Å². The smallest absolute Gasteiger partial charge is 0.302 e. The van der Waals surface area contributed by atoms with E-state index in [2.05, 4.69) is 9.97 Å². The zero-order valence-corrected chi connectivity index (χ0v) is 18.3. The van der Waals surface area contributed by atoms with Crippen LogP contribution in [0, 0.1) is 5.82 Å². The largest absolute Gasteiger partial charge is 0.507 e. The van der Waals surface area contributed by atoms with E-state index < -0.39 is 23.5 Å². The molecule has 5 rings (SSSR count). The van der Waals surface area contributed by atoms with E-state index in [0.29, 0.717) is 22.3 Å². The Morgan fingerprint density at radius 2 is 2.00 bits per heavy atom. The van der Waals surface area contributed by atoms with Gasteiger partial charge in [0.15, 0.2) is 0 Å². The van der Waals surface area contributed by atoms with Crippen LogP contribution in [0.3, 0.4) is 0 Å². The second-order valence-electron chi connectivity index (χ2n) is 8.10. The average molecular weight is 461 g/mol. The average Bonchev–Trinajstić information content (AvgIpc) is 3.52. The van der Waals surface area contributed by atoms with Gasteiger partial charge < -0.3 is 19.2 Å². The van der Waals surface area contributed by atoms with E-state index in [1.165, 1.54) is 24.5 Å². The van der Waals surface area contributed by atoms with E-state index in [4.69, 9.17) is 9.15 Å². The molecule has 0 aliphatic carbocycles. The number of hydrogen-bond acceptors (Lipinski definition) is 6. The first kappa shape index (κ1) is 21.4. The number of nitrogens with one attached hydrogen (secondary N) is 1. The van der Waals surface area contributed by atoms with Crippen molar-refractivity contribution in [2.45, 2.75) is 26.0 Å². The lowest BCUT2D eigenvalue weighted by molar-refractivity contribution is -0.132. The fourth-order valence-electron chi connectivity index (χ4n) is 3.99. The number of benzene rings is 2. The second-order valence-corrected chi connectivity index (χ2v) is 8.10. The molecule has 34 heavy (non-hydrogen) atoms. The number of aromatic nitrogens is 2. The number of imidazole rings is 1. The molecule has 0 bridgehead atoms. The Bertz CT molecular complexity index is 1440. The molecule has 2 N–H and O–H groups in total. The number of furan rings is 1. The summed E-state index contributed by atoms with van der Waals surface area (Å²) in [5.41, 5.74) is 0.913. The van der Waals surface area contributed by atoms with Gasteiger partial charge in [-0.3, -0.25) is 14.5 Å². The first-order valence-electron chi connectivity index (χ1n) is 10.6. The number of aliphatic hydroxyl groups excluding tert-OH is 1. The van der Waals surface area contributed by atoms with E-state index in [-0.39, 0.29) is 29.1 Å². The van der Waals surface area contributed by atoms with Crippen LogP contribution in [0.1, 0.15) is 31.2 Å². The van der Waals surface area contributed by atoms with Crippen molar-refractivity contribution in [2.75, 3.05) is 4.90 Å². The third-order valence-electron chi connectivity index (χ3n) is 5.40. The summed E-state index contributed by atoms with van der Waals surface area (Å²) in [6, 6.07) is 12.7. The Kier molecular flexibility index (Phi) is 5.16. The minimum atomic E-state index is -1.09. The molecule has 1 fully saturated rings. The second kappa shape index (κ2) is 8.18. The monoisotopic (exact) mass is 461 g/mol. The van der Waals surface area contributed by atoms with Crippen molar-refractivity contribution in [2.24, 2.45) is 0 Å². The SMILES string of the molecule is CC(C)Oc1cccc(/C(O)=C2\C(=O)C(=O)N(c3nc4ccc(F)cc4[nH]3)C2c2ccco2)c1. The summed E-state index contributed by atoms with van der Waals surface area (Å²) < 4.78 is 24.9. The highest BCUT2D eigenvalue weighted by Crippen LogP contribution is 2.42. The number of fused-ring (bicyclic) bond motifs is 1. The Balaban J connectivity index is 1.67. The number of Topliss-reactive ketones (excluding diaryl/α,β-unsaturated/α-hetero) is 1. The standard InChI is InChI=1S/C25H20FN3O5/c1-13(2)34-16-6-3-5-14(11-16)22(30)20-21(19-7-4-10-33-19)29(24(32)23(20)31)25-27-17-9-8-15(26)12-18(17)28-25/h3-13,21,30H,1-2H3,(H,27,28)/b22-20+. The number of nitrogens with zero attached hydrogens (tertiary/aromatic N) is 2. The molecule has 9 heteroatoms. The van der Waals surface area contributed by atoms with Crippen LogP contribution in [-0.2, 0) is 9.59 Å². The van der Waals surface area contributed by atoms with Crippen molar-refractivity contribution in [3.63, 3.8) is 0 Å². The number of ketones is 1. The maximum Gasteiger partial charge on any atom is 0.302 e. The lowest BCUT2D eigenvalue weighted by Crippen LogP contribution is -2.30. The van der Waals surface area contributed by atoms with Gasteiger partial charge in [-0.25, -0.2) is 9.37 Å². The molecule has 172 valence electrons. The van der Waals surface area contributed by atoms with Gasteiger partial charge in [0.2, 0.25) is 5.95 Å². The number of rotatable bonds is 5. The maximum atomic E-state index is 13.7. The van der Waals surface area contributed by atoms with Crippen LogP contribution >= 0.6 is 0 Å². The van der Waals surface area contributed by atoms with Crippen LogP contribution in [0.15, 0.2) is 70.9 Å². The molecule has 4 aromatic rings. The molecular weight excluding hydrogens is 441 g/mol. The molecule has 1 saturated heterocycles. The van der Waals surface area contributed by atoms with E-state index in [9.17, 15) is 19.1 Å². The van der Waals surface area contributed by atoms with Crippen LogP contribution in [-0.4, -0.2) is 32.9 Å². The Morgan fingerprint density at radius 1 is 1.18 bits per heavy atom. The first-order valence-corrected chi connectivity index (χ1v) is 10.6. The molecule has 0 spiro atoms. The van der Waals surface area contributed by atoms with Crippen LogP contribution < -0.4 is 9.64 Å². The Labute approximate surface area is 193 Å². The van der Waals surface area contributed by atoms with Crippen LogP contribution in [0.4, 0.5) is 10.3 Å². The number of aromatic amines is 1.